The molecule has 0 aromatic rings. The molecule has 0 spiro atoms. The predicted molar refractivity (Wildman–Crippen MR) is 44.7 cm³/mol. The van der Waals surface area contributed by atoms with Gasteiger partial charge in [0, 0.05) is 0 Å². The maximum atomic E-state index is 11.8. The van der Waals surface area contributed by atoms with Gasteiger partial charge in [0.1, 0.15) is 0 Å². The van der Waals surface area contributed by atoms with Crippen LogP contribution in [-0.4, -0.2) is 5.76 Å². The van der Waals surface area contributed by atoms with Gasteiger partial charge in [-0.1, -0.05) is 29.5 Å². The highest BCUT2D eigenvalue weighted by Crippen LogP contribution is 2.31. The highest BCUT2D eigenvalue weighted by atomic mass is 32.2. The van der Waals surface area contributed by atoms with Crippen molar-refractivity contribution in [2.45, 2.75) is 25.5 Å². The molecule has 0 aromatic carbocycles. The Bertz CT molecular complexity index is 194. The van der Waals surface area contributed by atoms with Crippen LogP contribution in [0.3, 0.4) is 0 Å². The molecule has 62 valence electrons. The molecule has 3 heteroatoms. The van der Waals surface area contributed by atoms with Crippen molar-refractivity contribution in [1.82, 2.24) is 0 Å². The van der Waals surface area contributed by atoms with Crippen LogP contribution in [0, 0.1) is 0 Å². The highest BCUT2D eigenvalue weighted by molar-refractivity contribution is 8.03. The van der Waals surface area contributed by atoms with Gasteiger partial charge in [0.05, 0.1) is 0 Å². The average molecular weight is 176 g/mol. The standard InChI is InChI=1S/C8H10F2S/c1-6-2-4-7(5-3-6)11-8(9)10/h2,4,8H,3,5H2,1H3. The Morgan fingerprint density at radius 1 is 1.36 bits per heavy atom. The lowest BCUT2D eigenvalue weighted by molar-refractivity contribution is 0.252. The van der Waals surface area contributed by atoms with Crippen LogP contribution in [0.5, 0.6) is 0 Å². The van der Waals surface area contributed by atoms with Gasteiger partial charge in [-0.05, 0) is 24.7 Å². The topological polar surface area (TPSA) is 0 Å². The molecule has 0 heterocycles. The molecule has 11 heavy (non-hydrogen) atoms. The minimum atomic E-state index is -2.27. The van der Waals surface area contributed by atoms with E-state index in [4.69, 9.17) is 0 Å². The van der Waals surface area contributed by atoms with E-state index in [-0.39, 0.29) is 0 Å². The fourth-order valence-electron chi connectivity index (χ4n) is 0.935. The van der Waals surface area contributed by atoms with Crippen LogP contribution in [0.2, 0.25) is 0 Å². The molecule has 0 amide bonds. The minimum absolute atomic E-state index is 0.661. The maximum absolute atomic E-state index is 11.8. The van der Waals surface area contributed by atoms with Gasteiger partial charge in [-0.3, -0.25) is 0 Å². The molecule has 0 bridgehead atoms. The average Bonchev–Trinajstić information content (AvgIpc) is 1.93. The normalized spacial score (nSPS) is 18.2. The first kappa shape index (κ1) is 8.78. The second-order valence-corrected chi connectivity index (χ2v) is 3.64. The Morgan fingerprint density at radius 2 is 2.09 bits per heavy atom. The predicted octanol–water partition coefficient (Wildman–Crippen LogP) is 3.57. The summed E-state index contributed by atoms with van der Waals surface area (Å²) in [5, 5.41) is 0. The molecule has 0 atom stereocenters. The van der Waals surface area contributed by atoms with E-state index in [1.807, 2.05) is 13.0 Å². The lowest BCUT2D eigenvalue weighted by atomic mass is 10.1. The van der Waals surface area contributed by atoms with Gasteiger partial charge < -0.3 is 0 Å². The van der Waals surface area contributed by atoms with E-state index in [9.17, 15) is 8.78 Å². The first-order valence-electron chi connectivity index (χ1n) is 3.49. The third-order valence-corrected chi connectivity index (χ3v) is 2.38. The van der Waals surface area contributed by atoms with Crippen LogP contribution in [0.15, 0.2) is 22.6 Å². The molecule has 1 aliphatic rings. The maximum Gasteiger partial charge on any atom is 0.288 e. The molecule has 0 N–H and O–H groups in total. The fourth-order valence-corrected chi connectivity index (χ4v) is 1.53. The van der Waals surface area contributed by atoms with Gasteiger partial charge in [-0.15, -0.1) is 0 Å². The molecular weight excluding hydrogens is 166 g/mol. The molecule has 0 nitrogen and oxygen atoms in total. The second kappa shape index (κ2) is 3.90. The van der Waals surface area contributed by atoms with Crippen molar-refractivity contribution in [2.24, 2.45) is 0 Å². The zero-order chi connectivity index (χ0) is 8.27. The van der Waals surface area contributed by atoms with Crippen molar-refractivity contribution in [3.05, 3.63) is 22.6 Å². The van der Waals surface area contributed by atoms with Crippen LogP contribution in [0.25, 0.3) is 0 Å². The third kappa shape index (κ3) is 3.06. The Hall–Kier alpha value is -0.310. The largest absolute Gasteiger partial charge is 0.288 e. The molecule has 0 unspecified atom stereocenters. The van der Waals surface area contributed by atoms with E-state index in [1.165, 1.54) is 5.57 Å². The zero-order valence-corrected chi connectivity index (χ0v) is 7.13. The molecule has 0 fully saturated rings. The number of halogens is 2. The third-order valence-electron chi connectivity index (χ3n) is 1.56. The van der Waals surface area contributed by atoms with Crippen molar-refractivity contribution in [3.63, 3.8) is 0 Å². The molecule has 0 saturated heterocycles. The number of allylic oxidation sites excluding steroid dienone is 4. The summed E-state index contributed by atoms with van der Waals surface area (Å²) in [6.07, 6.45) is 5.40. The molecule has 0 aliphatic heterocycles. The van der Waals surface area contributed by atoms with E-state index < -0.39 is 5.76 Å². The zero-order valence-electron chi connectivity index (χ0n) is 6.31. The summed E-state index contributed by atoms with van der Waals surface area (Å²) < 4.78 is 23.6. The van der Waals surface area contributed by atoms with Crippen LogP contribution in [0.1, 0.15) is 19.8 Å². The second-order valence-electron chi connectivity index (χ2n) is 2.52. The number of thioether (sulfide) groups is 1. The van der Waals surface area contributed by atoms with Gasteiger partial charge in [0.2, 0.25) is 0 Å². The van der Waals surface area contributed by atoms with Crippen LogP contribution < -0.4 is 0 Å². The molecule has 0 aromatic heterocycles. The van der Waals surface area contributed by atoms with E-state index in [0.717, 1.165) is 17.7 Å². The minimum Gasteiger partial charge on any atom is -0.198 e. The number of hydrogen-bond donors (Lipinski definition) is 0. The lowest BCUT2D eigenvalue weighted by Gasteiger charge is -2.10. The summed E-state index contributed by atoms with van der Waals surface area (Å²) >= 11 is 0.661. The molecule has 1 aliphatic carbocycles. The van der Waals surface area contributed by atoms with Crippen molar-refractivity contribution >= 4 is 11.8 Å². The van der Waals surface area contributed by atoms with Gasteiger partial charge >= 0.3 is 0 Å². The SMILES string of the molecule is CC1=CC=C(SC(F)F)CC1. The smallest absolute Gasteiger partial charge is 0.198 e. The van der Waals surface area contributed by atoms with Crippen LogP contribution in [-0.2, 0) is 0 Å². The highest BCUT2D eigenvalue weighted by Gasteiger charge is 2.09. The van der Waals surface area contributed by atoms with E-state index in [0.29, 0.717) is 11.8 Å². The van der Waals surface area contributed by atoms with Gasteiger partial charge in [0.25, 0.3) is 5.76 Å². The fraction of sp³-hybridized carbons (Fsp3) is 0.500. The van der Waals surface area contributed by atoms with Crippen molar-refractivity contribution in [2.75, 3.05) is 0 Å². The van der Waals surface area contributed by atoms with Gasteiger partial charge in [0.15, 0.2) is 0 Å². The van der Waals surface area contributed by atoms with E-state index >= 15 is 0 Å². The number of rotatable bonds is 2. The molecule has 0 saturated carbocycles. The van der Waals surface area contributed by atoms with Crippen LogP contribution in [0.4, 0.5) is 8.78 Å². The summed E-state index contributed by atoms with van der Waals surface area (Å²) in [6, 6.07) is 0. The van der Waals surface area contributed by atoms with Crippen molar-refractivity contribution in [1.29, 1.82) is 0 Å². The summed E-state index contributed by atoms with van der Waals surface area (Å²) in [5.74, 6) is -2.27. The number of alkyl halides is 2. The summed E-state index contributed by atoms with van der Waals surface area (Å²) in [6.45, 7) is 2.01. The number of hydrogen-bond acceptors (Lipinski definition) is 1. The molecule has 0 radical (unpaired) electrons. The van der Waals surface area contributed by atoms with E-state index in [2.05, 4.69) is 0 Å². The van der Waals surface area contributed by atoms with Crippen molar-refractivity contribution in [3.8, 4) is 0 Å². The van der Waals surface area contributed by atoms with Crippen molar-refractivity contribution < 1.29 is 8.78 Å². The van der Waals surface area contributed by atoms with Crippen LogP contribution >= 0.6 is 11.8 Å². The van der Waals surface area contributed by atoms with E-state index in [1.54, 1.807) is 6.08 Å². The summed E-state index contributed by atoms with van der Waals surface area (Å²) in [5.41, 5.74) is 1.27. The Kier molecular flexibility index (Phi) is 3.12. The summed E-state index contributed by atoms with van der Waals surface area (Å²) in [4.78, 5) is 0.797. The van der Waals surface area contributed by atoms with Gasteiger partial charge in [-0.25, -0.2) is 0 Å². The first-order chi connectivity index (χ1) is 5.18. The molecule has 1 rings (SSSR count). The first-order valence-corrected chi connectivity index (χ1v) is 4.37. The Morgan fingerprint density at radius 3 is 2.55 bits per heavy atom. The monoisotopic (exact) mass is 176 g/mol. The lowest BCUT2D eigenvalue weighted by Crippen LogP contribution is -1.90. The Balaban J connectivity index is 2.48. The molecular formula is C8H10F2S. The summed E-state index contributed by atoms with van der Waals surface area (Å²) in [7, 11) is 0. The Labute approximate surface area is 69.4 Å². The van der Waals surface area contributed by atoms with Gasteiger partial charge in [-0.2, -0.15) is 8.78 Å². The quantitative estimate of drug-likeness (QED) is 0.619.